The summed E-state index contributed by atoms with van der Waals surface area (Å²) in [5.74, 6) is -1.11. The van der Waals surface area contributed by atoms with Crippen LogP contribution in [0.1, 0.15) is 22.8 Å². The fraction of sp³-hybridized carbons (Fsp3) is 0.133. The molecule has 5 heteroatoms. The Kier molecular flexibility index (Phi) is 4.06. The summed E-state index contributed by atoms with van der Waals surface area (Å²) in [4.78, 5) is 16.0. The Hall–Kier alpha value is -2.74. The number of carbonyl (C=O) groups excluding carboxylic acids is 1. The van der Waals surface area contributed by atoms with Crippen molar-refractivity contribution >= 4 is 5.97 Å². The molecule has 1 aromatic heterocycles. The lowest BCUT2D eigenvalue weighted by molar-refractivity contribution is 0.0527. The highest BCUT2D eigenvalue weighted by atomic mass is 19.1. The van der Waals surface area contributed by atoms with E-state index in [1.165, 1.54) is 24.4 Å². The molecule has 0 fully saturated rings. The number of rotatable bonds is 3. The molecule has 2 aromatic rings. The van der Waals surface area contributed by atoms with E-state index in [0.717, 1.165) is 0 Å². The zero-order valence-electron chi connectivity index (χ0n) is 10.8. The molecule has 0 spiro atoms. The maximum absolute atomic E-state index is 13.3. The normalized spacial score (nSPS) is 9.85. The van der Waals surface area contributed by atoms with Crippen LogP contribution in [-0.4, -0.2) is 17.6 Å². The second-order valence-corrected chi connectivity index (χ2v) is 3.93. The molecule has 0 aliphatic carbocycles. The molecular weight excluding hydrogens is 259 g/mol. The number of nitriles is 1. The molecule has 0 aliphatic rings. The van der Waals surface area contributed by atoms with E-state index >= 15 is 0 Å². The van der Waals surface area contributed by atoms with Gasteiger partial charge < -0.3 is 4.74 Å². The average molecular weight is 270 g/mol. The van der Waals surface area contributed by atoms with E-state index in [4.69, 9.17) is 10.00 Å². The summed E-state index contributed by atoms with van der Waals surface area (Å²) in [6.45, 7) is 1.96. The lowest BCUT2D eigenvalue weighted by atomic mass is 10.0. The monoisotopic (exact) mass is 270 g/mol. The Morgan fingerprint density at radius 3 is 2.95 bits per heavy atom. The summed E-state index contributed by atoms with van der Waals surface area (Å²) >= 11 is 0. The highest BCUT2D eigenvalue weighted by Crippen LogP contribution is 2.24. The van der Waals surface area contributed by atoms with Crippen LogP contribution in [0.25, 0.3) is 11.3 Å². The van der Waals surface area contributed by atoms with E-state index in [-0.39, 0.29) is 17.7 Å². The van der Waals surface area contributed by atoms with Crippen molar-refractivity contribution < 1.29 is 13.9 Å². The molecule has 0 saturated carbocycles. The summed E-state index contributed by atoms with van der Waals surface area (Å²) in [5, 5.41) is 8.85. The van der Waals surface area contributed by atoms with Gasteiger partial charge in [0.15, 0.2) is 0 Å². The van der Waals surface area contributed by atoms with Crippen LogP contribution in [0.15, 0.2) is 36.5 Å². The maximum atomic E-state index is 13.3. The number of benzene rings is 1. The fourth-order valence-electron chi connectivity index (χ4n) is 1.77. The molecule has 0 aliphatic heterocycles. The number of pyridine rings is 1. The average Bonchev–Trinajstić information content (AvgIpc) is 2.48. The molecule has 4 nitrogen and oxygen atoms in total. The van der Waals surface area contributed by atoms with Crippen molar-refractivity contribution in [1.82, 2.24) is 4.98 Å². The van der Waals surface area contributed by atoms with E-state index in [0.29, 0.717) is 11.3 Å². The summed E-state index contributed by atoms with van der Waals surface area (Å²) in [7, 11) is 0. The second kappa shape index (κ2) is 5.93. The van der Waals surface area contributed by atoms with E-state index in [2.05, 4.69) is 4.98 Å². The van der Waals surface area contributed by atoms with Gasteiger partial charge in [-0.15, -0.1) is 0 Å². The van der Waals surface area contributed by atoms with Gasteiger partial charge in [0.1, 0.15) is 11.9 Å². The van der Waals surface area contributed by atoms with Crippen LogP contribution in [0.4, 0.5) is 4.39 Å². The SMILES string of the molecule is CCOC(=O)c1cccnc1-c1ccc(F)c(C#N)c1. The van der Waals surface area contributed by atoms with Crippen molar-refractivity contribution in [3.63, 3.8) is 0 Å². The standard InChI is InChI=1S/C15H11FN2O2/c1-2-20-15(19)12-4-3-7-18-14(12)10-5-6-13(16)11(8-10)9-17/h3-8H,2H2,1H3. The highest BCUT2D eigenvalue weighted by molar-refractivity contribution is 5.96. The van der Waals surface area contributed by atoms with Gasteiger partial charge in [-0.1, -0.05) is 0 Å². The van der Waals surface area contributed by atoms with Gasteiger partial charge in [-0.3, -0.25) is 4.98 Å². The number of esters is 1. The lowest BCUT2D eigenvalue weighted by Gasteiger charge is -2.08. The molecule has 0 unspecified atom stereocenters. The third-order valence-corrected chi connectivity index (χ3v) is 2.66. The van der Waals surface area contributed by atoms with Crippen LogP contribution in [0, 0.1) is 17.1 Å². The molecule has 100 valence electrons. The third-order valence-electron chi connectivity index (χ3n) is 2.66. The zero-order chi connectivity index (χ0) is 14.5. The fourth-order valence-corrected chi connectivity index (χ4v) is 1.77. The van der Waals surface area contributed by atoms with Gasteiger partial charge >= 0.3 is 5.97 Å². The van der Waals surface area contributed by atoms with Crippen molar-refractivity contribution in [3.05, 3.63) is 53.5 Å². The first-order chi connectivity index (χ1) is 9.67. The Morgan fingerprint density at radius 2 is 2.25 bits per heavy atom. The van der Waals surface area contributed by atoms with Crippen LogP contribution in [0.2, 0.25) is 0 Å². The molecule has 20 heavy (non-hydrogen) atoms. The van der Waals surface area contributed by atoms with Crippen LogP contribution < -0.4 is 0 Å². The van der Waals surface area contributed by atoms with Crippen molar-refractivity contribution in [3.8, 4) is 17.3 Å². The first-order valence-electron chi connectivity index (χ1n) is 5.99. The third kappa shape index (κ3) is 2.64. The summed E-state index contributed by atoms with van der Waals surface area (Å²) in [6, 6.07) is 8.97. The molecular formula is C15H11FN2O2. The minimum atomic E-state index is -0.607. The van der Waals surface area contributed by atoms with Crippen LogP contribution in [0.5, 0.6) is 0 Å². The Bertz CT molecular complexity index is 693. The first kappa shape index (κ1) is 13.7. The smallest absolute Gasteiger partial charge is 0.340 e. The van der Waals surface area contributed by atoms with E-state index in [1.807, 2.05) is 0 Å². The molecule has 1 heterocycles. The summed E-state index contributed by atoms with van der Waals surface area (Å²) in [5.41, 5.74) is 1.04. The van der Waals surface area contributed by atoms with Crippen LogP contribution >= 0.6 is 0 Å². The minimum Gasteiger partial charge on any atom is -0.462 e. The summed E-state index contributed by atoms with van der Waals surface area (Å²) < 4.78 is 18.3. The number of nitrogens with zero attached hydrogens (tertiary/aromatic N) is 2. The minimum absolute atomic E-state index is 0.0945. The number of hydrogen-bond donors (Lipinski definition) is 0. The van der Waals surface area contributed by atoms with Crippen LogP contribution in [-0.2, 0) is 4.74 Å². The predicted molar refractivity (Wildman–Crippen MR) is 70.3 cm³/mol. The topological polar surface area (TPSA) is 63.0 Å². The van der Waals surface area contributed by atoms with Gasteiger partial charge in [-0.05, 0) is 37.3 Å². The quantitative estimate of drug-likeness (QED) is 0.804. The van der Waals surface area contributed by atoms with E-state index in [9.17, 15) is 9.18 Å². The molecule has 0 bridgehead atoms. The van der Waals surface area contributed by atoms with Gasteiger partial charge in [-0.2, -0.15) is 5.26 Å². The van der Waals surface area contributed by atoms with Gasteiger partial charge in [0, 0.05) is 11.8 Å². The van der Waals surface area contributed by atoms with Gasteiger partial charge in [0.2, 0.25) is 0 Å². The molecule has 0 N–H and O–H groups in total. The molecule has 0 amide bonds. The van der Waals surface area contributed by atoms with Crippen LogP contribution in [0.3, 0.4) is 0 Å². The van der Waals surface area contributed by atoms with Crippen molar-refractivity contribution in [2.75, 3.05) is 6.61 Å². The van der Waals surface area contributed by atoms with Gasteiger partial charge in [-0.25, -0.2) is 9.18 Å². The molecule has 1 aromatic carbocycles. The number of hydrogen-bond acceptors (Lipinski definition) is 4. The molecule has 0 radical (unpaired) electrons. The van der Waals surface area contributed by atoms with Crippen molar-refractivity contribution in [2.24, 2.45) is 0 Å². The first-order valence-corrected chi connectivity index (χ1v) is 5.99. The number of ether oxygens (including phenoxy) is 1. The Morgan fingerprint density at radius 1 is 1.45 bits per heavy atom. The van der Waals surface area contributed by atoms with Gasteiger partial charge in [0.25, 0.3) is 0 Å². The van der Waals surface area contributed by atoms with E-state index < -0.39 is 11.8 Å². The highest BCUT2D eigenvalue weighted by Gasteiger charge is 2.15. The number of carbonyl (C=O) groups is 1. The maximum Gasteiger partial charge on any atom is 0.340 e. The molecule has 0 atom stereocenters. The van der Waals surface area contributed by atoms with Crippen molar-refractivity contribution in [2.45, 2.75) is 6.92 Å². The summed E-state index contributed by atoms with van der Waals surface area (Å²) in [6.07, 6.45) is 1.52. The molecule has 2 rings (SSSR count). The van der Waals surface area contributed by atoms with Gasteiger partial charge in [0.05, 0.1) is 23.4 Å². The van der Waals surface area contributed by atoms with E-state index in [1.54, 1.807) is 25.1 Å². The largest absolute Gasteiger partial charge is 0.462 e. The molecule has 0 saturated heterocycles. The Labute approximate surface area is 115 Å². The second-order valence-electron chi connectivity index (χ2n) is 3.93. The Balaban J connectivity index is 2.53. The lowest BCUT2D eigenvalue weighted by Crippen LogP contribution is -2.07. The number of aromatic nitrogens is 1. The number of halogens is 1. The zero-order valence-corrected chi connectivity index (χ0v) is 10.8. The van der Waals surface area contributed by atoms with Crippen molar-refractivity contribution in [1.29, 1.82) is 5.26 Å². The predicted octanol–water partition coefficient (Wildman–Crippen LogP) is 2.94.